The summed E-state index contributed by atoms with van der Waals surface area (Å²) in [4.78, 5) is 16.1. The van der Waals surface area contributed by atoms with Crippen LogP contribution in [0.1, 0.15) is 6.92 Å². The minimum absolute atomic E-state index is 0.00176. The maximum atomic E-state index is 11.0. The van der Waals surface area contributed by atoms with Gasteiger partial charge in [-0.1, -0.05) is 0 Å². The van der Waals surface area contributed by atoms with E-state index in [1.54, 1.807) is 11.6 Å². The molecule has 0 saturated carbocycles. The summed E-state index contributed by atoms with van der Waals surface area (Å²) in [5.41, 5.74) is 0. The third kappa shape index (κ3) is 2.16. The summed E-state index contributed by atoms with van der Waals surface area (Å²) < 4.78 is 7.04. The maximum Gasteiger partial charge on any atom is 0.406 e. The molecular formula is C10H16N4O4. The first-order chi connectivity index (χ1) is 8.54. The van der Waals surface area contributed by atoms with Gasteiger partial charge in [-0.25, -0.2) is 0 Å². The minimum atomic E-state index is -0.495. The van der Waals surface area contributed by atoms with Gasteiger partial charge in [0.15, 0.2) is 0 Å². The molecule has 0 spiro atoms. The number of aliphatic hydroxyl groups is 1. The van der Waals surface area contributed by atoms with E-state index in [1.807, 2.05) is 11.8 Å². The molecule has 18 heavy (non-hydrogen) atoms. The number of nitrogens with zero attached hydrogens (tertiary/aromatic N) is 4. The average molecular weight is 256 g/mol. The lowest BCUT2D eigenvalue weighted by Gasteiger charge is -2.38. The number of rotatable bonds is 3. The van der Waals surface area contributed by atoms with E-state index in [0.29, 0.717) is 19.0 Å². The van der Waals surface area contributed by atoms with E-state index in [0.717, 1.165) is 0 Å². The number of anilines is 1. The van der Waals surface area contributed by atoms with Gasteiger partial charge in [0.05, 0.1) is 25.4 Å². The Morgan fingerprint density at radius 1 is 1.72 bits per heavy atom. The Bertz CT molecular complexity index is 447. The predicted molar refractivity (Wildman–Crippen MR) is 63.5 cm³/mol. The lowest BCUT2D eigenvalue weighted by Crippen LogP contribution is -2.50. The van der Waals surface area contributed by atoms with Gasteiger partial charge in [-0.05, 0) is 16.8 Å². The summed E-state index contributed by atoms with van der Waals surface area (Å²) in [6.45, 7) is 2.66. The van der Waals surface area contributed by atoms with Gasteiger partial charge in [0.25, 0.3) is 0 Å². The van der Waals surface area contributed by atoms with Crippen LogP contribution < -0.4 is 4.90 Å². The number of aromatic nitrogens is 2. The molecule has 0 amide bonds. The van der Waals surface area contributed by atoms with Crippen LogP contribution in [0.2, 0.25) is 0 Å². The van der Waals surface area contributed by atoms with Crippen LogP contribution in [0, 0.1) is 10.1 Å². The Hall–Kier alpha value is -1.67. The van der Waals surface area contributed by atoms with Gasteiger partial charge in [0, 0.05) is 13.6 Å². The van der Waals surface area contributed by atoms with Crippen molar-refractivity contribution in [2.75, 3.05) is 24.7 Å². The molecule has 0 bridgehead atoms. The molecule has 1 saturated heterocycles. The van der Waals surface area contributed by atoms with Crippen molar-refractivity contribution >= 4 is 11.6 Å². The fourth-order valence-corrected chi connectivity index (χ4v) is 2.09. The topological polar surface area (TPSA) is 93.7 Å². The summed E-state index contributed by atoms with van der Waals surface area (Å²) in [5, 5.41) is 20.1. The van der Waals surface area contributed by atoms with Gasteiger partial charge in [-0.3, -0.25) is 4.57 Å². The Morgan fingerprint density at radius 2 is 2.44 bits per heavy atom. The molecule has 2 heterocycles. The van der Waals surface area contributed by atoms with Gasteiger partial charge >= 0.3 is 5.82 Å². The minimum Gasteiger partial charge on any atom is -0.394 e. The Balaban J connectivity index is 2.34. The van der Waals surface area contributed by atoms with Crippen LogP contribution in [0.3, 0.4) is 0 Å². The first-order valence-corrected chi connectivity index (χ1v) is 5.69. The number of morpholine rings is 1. The molecule has 1 aliphatic heterocycles. The van der Waals surface area contributed by atoms with E-state index in [-0.39, 0.29) is 24.6 Å². The second-order valence-corrected chi connectivity index (χ2v) is 4.40. The molecule has 8 heteroatoms. The van der Waals surface area contributed by atoms with Crippen molar-refractivity contribution in [1.29, 1.82) is 0 Å². The molecule has 1 aromatic heterocycles. The maximum absolute atomic E-state index is 11.0. The van der Waals surface area contributed by atoms with E-state index in [2.05, 4.69) is 4.98 Å². The van der Waals surface area contributed by atoms with Crippen LogP contribution in [0.15, 0.2) is 6.33 Å². The summed E-state index contributed by atoms with van der Waals surface area (Å²) in [6, 6.07) is 0.00176. The third-order valence-corrected chi connectivity index (χ3v) is 3.04. The van der Waals surface area contributed by atoms with Gasteiger partial charge in [-0.2, -0.15) is 0 Å². The zero-order chi connectivity index (χ0) is 13.3. The van der Waals surface area contributed by atoms with Crippen LogP contribution in [-0.4, -0.2) is 51.5 Å². The molecule has 2 unspecified atom stereocenters. The normalized spacial score (nSPS) is 24.3. The molecule has 1 N–H and O–H groups in total. The molecule has 8 nitrogen and oxygen atoms in total. The Morgan fingerprint density at radius 3 is 3.06 bits per heavy atom. The molecule has 1 aromatic rings. The Labute approximate surface area is 104 Å². The number of aliphatic hydroxyl groups excluding tert-OH is 1. The number of ether oxygens (including phenoxy) is 1. The van der Waals surface area contributed by atoms with Crippen LogP contribution in [0.25, 0.3) is 0 Å². The van der Waals surface area contributed by atoms with Crippen LogP contribution in [0.4, 0.5) is 11.6 Å². The summed E-state index contributed by atoms with van der Waals surface area (Å²) in [5.74, 6) is 0.289. The quantitative estimate of drug-likeness (QED) is 0.600. The fourth-order valence-electron chi connectivity index (χ4n) is 2.09. The van der Waals surface area contributed by atoms with Crippen molar-refractivity contribution in [3.05, 3.63) is 16.4 Å². The number of hydrogen-bond acceptors (Lipinski definition) is 6. The molecular weight excluding hydrogens is 240 g/mol. The highest BCUT2D eigenvalue weighted by Gasteiger charge is 2.33. The van der Waals surface area contributed by atoms with Crippen LogP contribution in [0.5, 0.6) is 0 Å². The number of hydrogen-bond donors (Lipinski definition) is 1. The van der Waals surface area contributed by atoms with Gasteiger partial charge in [-0.15, -0.1) is 0 Å². The molecule has 0 aliphatic carbocycles. The highest BCUT2D eigenvalue weighted by molar-refractivity contribution is 5.55. The molecule has 100 valence electrons. The fraction of sp³-hybridized carbons (Fsp3) is 0.700. The van der Waals surface area contributed by atoms with Crippen molar-refractivity contribution in [3.63, 3.8) is 0 Å². The van der Waals surface area contributed by atoms with E-state index < -0.39 is 4.92 Å². The smallest absolute Gasteiger partial charge is 0.394 e. The van der Waals surface area contributed by atoms with Crippen LogP contribution in [-0.2, 0) is 11.8 Å². The summed E-state index contributed by atoms with van der Waals surface area (Å²) >= 11 is 0. The summed E-state index contributed by atoms with van der Waals surface area (Å²) in [6.07, 6.45) is 1.10. The van der Waals surface area contributed by atoms with E-state index in [4.69, 9.17) is 9.84 Å². The zero-order valence-corrected chi connectivity index (χ0v) is 10.3. The largest absolute Gasteiger partial charge is 0.406 e. The van der Waals surface area contributed by atoms with Gasteiger partial charge in [0.2, 0.25) is 12.1 Å². The zero-order valence-electron chi connectivity index (χ0n) is 10.3. The average Bonchev–Trinajstić information content (AvgIpc) is 2.72. The molecule has 2 atom stereocenters. The Kier molecular flexibility index (Phi) is 3.48. The lowest BCUT2D eigenvalue weighted by molar-refractivity contribution is -0.388. The van der Waals surface area contributed by atoms with Crippen LogP contribution >= 0.6 is 0 Å². The van der Waals surface area contributed by atoms with Crippen molar-refractivity contribution in [1.82, 2.24) is 9.55 Å². The van der Waals surface area contributed by atoms with Gasteiger partial charge in [0.1, 0.15) is 0 Å². The highest BCUT2D eigenvalue weighted by atomic mass is 16.6. The van der Waals surface area contributed by atoms with Gasteiger partial charge < -0.3 is 24.9 Å². The predicted octanol–water partition coefficient (Wildman–Crippen LogP) is -0.0857. The molecule has 0 aromatic carbocycles. The SMILES string of the molecule is CC1COC(CO)CN1c1c([N+](=O)[O-])ncn1C. The van der Waals surface area contributed by atoms with E-state index in [1.165, 1.54) is 6.33 Å². The second-order valence-electron chi connectivity index (χ2n) is 4.40. The number of aryl methyl sites for hydroxylation is 1. The molecule has 1 aliphatic rings. The standard InChI is InChI=1S/C10H16N4O4/c1-7-5-18-8(4-15)3-13(7)10-9(14(16)17)11-6-12(10)2/h6-8,15H,3-5H2,1-2H3. The third-order valence-electron chi connectivity index (χ3n) is 3.04. The van der Waals surface area contributed by atoms with Crippen molar-refractivity contribution in [2.24, 2.45) is 7.05 Å². The molecule has 0 radical (unpaired) electrons. The van der Waals surface area contributed by atoms with Crippen molar-refractivity contribution < 1.29 is 14.8 Å². The monoisotopic (exact) mass is 256 g/mol. The highest BCUT2D eigenvalue weighted by Crippen LogP contribution is 2.29. The summed E-state index contributed by atoms with van der Waals surface area (Å²) in [7, 11) is 1.71. The number of imidazole rings is 1. The van der Waals surface area contributed by atoms with E-state index in [9.17, 15) is 10.1 Å². The lowest BCUT2D eigenvalue weighted by atomic mass is 10.2. The first-order valence-electron chi connectivity index (χ1n) is 5.69. The van der Waals surface area contributed by atoms with E-state index >= 15 is 0 Å². The number of nitro groups is 1. The second kappa shape index (κ2) is 4.91. The molecule has 1 fully saturated rings. The molecule has 2 rings (SSSR count). The first kappa shape index (κ1) is 12.8. The van der Waals surface area contributed by atoms with Crippen molar-refractivity contribution in [3.8, 4) is 0 Å². The van der Waals surface area contributed by atoms with Crippen molar-refractivity contribution in [2.45, 2.75) is 19.1 Å².